The zero-order chi connectivity index (χ0) is 19.9. The molecule has 0 radical (unpaired) electrons. The fourth-order valence-electron chi connectivity index (χ4n) is 3.57. The van der Waals surface area contributed by atoms with Crippen molar-refractivity contribution in [1.82, 2.24) is 5.32 Å². The molecular weight excluding hydrogens is 338 g/mol. The SMILES string of the molecule is C[C@H](N)C(=O)C(CN)(C(=O)O)C(=O)[C@H](C)NC(=O)CCC1CCCCC1. The van der Waals surface area contributed by atoms with Gasteiger partial charge >= 0.3 is 5.97 Å². The van der Waals surface area contributed by atoms with Gasteiger partial charge in [-0.1, -0.05) is 32.1 Å². The quantitative estimate of drug-likeness (QED) is 0.406. The second-order valence-corrected chi connectivity index (χ2v) is 7.26. The number of aliphatic carboxylic acids is 1. The van der Waals surface area contributed by atoms with Crippen molar-refractivity contribution in [2.75, 3.05) is 6.54 Å². The van der Waals surface area contributed by atoms with Gasteiger partial charge in [0.1, 0.15) is 0 Å². The number of carboxylic acids is 1. The summed E-state index contributed by atoms with van der Waals surface area (Å²) >= 11 is 0. The molecule has 6 N–H and O–H groups in total. The van der Waals surface area contributed by atoms with Gasteiger partial charge in [0, 0.05) is 13.0 Å². The summed E-state index contributed by atoms with van der Waals surface area (Å²) in [6.45, 7) is 1.96. The average molecular weight is 369 g/mol. The zero-order valence-electron chi connectivity index (χ0n) is 15.6. The highest BCUT2D eigenvalue weighted by Crippen LogP contribution is 2.27. The van der Waals surface area contributed by atoms with Crippen molar-refractivity contribution in [2.45, 2.75) is 70.9 Å². The number of carbonyl (C=O) groups excluding carboxylic acids is 3. The molecule has 26 heavy (non-hydrogen) atoms. The van der Waals surface area contributed by atoms with Gasteiger partial charge in [0.15, 0.2) is 17.0 Å². The third kappa shape index (κ3) is 5.11. The van der Waals surface area contributed by atoms with Gasteiger partial charge in [-0.3, -0.25) is 19.2 Å². The van der Waals surface area contributed by atoms with Gasteiger partial charge in [-0.25, -0.2) is 0 Å². The molecule has 1 aliphatic rings. The first kappa shape index (κ1) is 22.2. The molecular formula is C18H31N3O5. The van der Waals surface area contributed by atoms with E-state index in [0.717, 1.165) is 19.3 Å². The molecule has 0 heterocycles. The maximum absolute atomic E-state index is 12.7. The maximum atomic E-state index is 12.7. The number of carboxylic acid groups (broad SMARTS) is 1. The van der Waals surface area contributed by atoms with Crippen LogP contribution in [0.1, 0.15) is 58.8 Å². The number of Topliss-reactive ketones (excluding diaryl/α,β-unsaturated/α-hetero) is 2. The summed E-state index contributed by atoms with van der Waals surface area (Å²) < 4.78 is 0. The van der Waals surface area contributed by atoms with Crippen molar-refractivity contribution in [1.29, 1.82) is 0 Å². The van der Waals surface area contributed by atoms with E-state index in [4.69, 9.17) is 11.5 Å². The van der Waals surface area contributed by atoms with Crippen molar-refractivity contribution in [3.8, 4) is 0 Å². The summed E-state index contributed by atoms with van der Waals surface area (Å²) in [5.74, 6) is -3.36. The molecule has 1 saturated carbocycles. The maximum Gasteiger partial charge on any atom is 0.326 e. The van der Waals surface area contributed by atoms with E-state index < -0.39 is 41.6 Å². The molecule has 1 amide bonds. The van der Waals surface area contributed by atoms with Crippen molar-refractivity contribution in [3.63, 3.8) is 0 Å². The number of rotatable bonds is 10. The molecule has 1 rings (SSSR count). The van der Waals surface area contributed by atoms with Gasteiger partial charge in [-0.15, -0.1) is 0 Å². The van der Waals surface area contributed by atoms with Crippen LogP contribution in [0.15, 0.2) is 0 Å². The van der Waals surface area contributed by atoms with E-state index in [1.165, 1.54) is 33.1 Å². The lowest BCUT2D eigenvalue weighted by Crippen LogP contribution is -2.61. The Labute approximate surface area is 154 Å². The van der Waals surface area contributed by atoms with Gasteiger partial charge in [-0.05, 0) is 26.2 Å². The summed E-state index contributed by atoms with van der Waals surface area (Å²) in [6.07, 6.45) is 6.83. The summed E-state index contributed by atoms with van der Waals surface area (Å²) in [4.78, 5) is 48.8. The average Bonchev–Trinajstić information content (AvgIpc) is 2.61. The summed E-state index contributed by atoms with van der Waals surface area (Å²) in [7, 11) is 0. The summed E-state index contributed by atoms with van der Waals surface area (Å²) in [6, 6.07) is -2.30. The van der Waals surface area contributed by atoms with Crippen LogP contribution in [0.4, 0.5) is 0 Å². The van der Waals surface area contributed by atoms with E-state index in [-0.39, 0.29) is 12.3 Å². The number of amides is 1. The molecule has 0 aromatic rings. The number of hydrogen-bond donors (Lipinski definition) is 4. The summed E-state index contributed by atoms with van der Waals surface area (Å²) in [5, 5.41) is 12.0. The predicted octanol–water partition coefficient (Wildman–Crippen LogP) is 0.367. The van der Waals surface area contributed by atoms with Crippen molar-refractivity contribution in [3.05, 3.63) is 0 Å². The fraction of sp³-hybridized carbons (Fsp3) is 0.778. The number of nitrogens with two attached hydrogens (primary N) is 2. The minimum absolute atomic E-state index is 0.270. The first-order chi connectivity index (χ1) is 12.2. The molecule has 8 heteroatoms. The molecule has 1 fully saturated rings. The van der Waals surface area contributed by atoms with E-state index in [1.807, 2.05) is 0 Å². The number of hydrogen-bond acceptors (Lipinski definition) is 6. The standard InChI is InChI=1S/C18H31N3O5/c1-11(20)15(23)18(10-19,17(25)26)16(24)12(2)21-14(22)9-8-13-6-4-3-5-7-13/h11-13H,3-10,19-20H2,1-2H3,(H,21,22)(H,25,26)/t11-,12-,18?/m0/s1. The van der Waals surface area contributed by atoms with Crippen molar-refractivity contribution in [2.24, 2.45) is 22.8 Å². The molecule has 0 aromatic carbocycles. The number of carbonyl (C=O) groups is 4. The Bertz CT molecular complexity index is 543. The number of ketones is 2. The topological polar surface area (TPSA) is 153 Å². The van der Waals surface area contributed by atoms with E-state index in [9.17, 15) is 24.3 Å². The lowest BCUT2D eigenvalue weighted by molar-refractivity contribution is -0.160. The zero-order valence-corrected chi connectivity index (χ0v) is 15.6. The van der Waals surface area contributed by atoms with Gasteiger partial charge in [0.2, 0.25) is 5.91 Å². The predicted molar refractivity (Wildman–Crippen MR) is 96.2 cm³/mol. The molecule has 148 valence electrons. The molecule has 0 aliphatic heterocycles. The van der Waals surface area contributed by atoms with Crippen LogP contribution in [-0.2, 0) is 19.2 Å². The second-order valence-electron chi connectivity index (χ2n) is 7.26. The lowest BCUT2D eigenvalue weighted by Gasteiger charge is -2.29. The Kier molecular flexibility index (Phi) is 8.36. The van der Waals surface area contributed by atoms with Crippen molar-refractivity contribution < 1.29 is 24.3 Å². The molecule has 1 unspecified atom stereocenters. The molecule has 0 bridgehead atoms. The van der Waals surface area contributed by atoms with Gasteiger partial charge in [-0.2, -0.15) is 0 Å². The second kappa shape index (κ2) is 9.78. The minimum Gasteiger partial charge on any atom is -0.480 e. The Morgan fingerprint density at radius 3 is 2.15 bits per heavy atom. The number of nitrogens with one attached hydrogen (secondary N) is 1. The highest BCUT2D eigenvalue weighted by Gasteiger charge is 2.54. The lowest BCUT2D eigenvalue weighted by atomic mass is 9.74. The Balaban J connectivity index is 2.74. The van der Waals surface area contributed by atoms with Crippen LogP contribution in [0.2, 0.25) is 0 Å². The molecule has 0 spiro atoms. The fourth-order valence-corrected chi connectivity index (χ4v) is 3.57. The highest BCUT2D eigenvalue weighted by molar-refractivity contribution is 6.24. The van der Waals surface area contributed by atoms with Gasteiger partial charge in [0.25, 0.3) is 0 Å². The van der Waals surface area contributed by atoms with Crippen LogP contribution < -0.4 is 16.8 Å². The first-order valence-corrected chi connectivity index (χ1v) is 9.23. The van der Waals surface area contributed by atoms with Crippen LogP contribution in [0.3, 0.4) is 0 Å². The van der Waals surface area contributed by atoms with E-state index in [0.29, 0.717) is 5.92 Å². The van der Waals surface area contributed by atoms with E-state index in [2.05, 4.69) is 5.32 Å². The monoisotopic (exact) mass is 369 g/mol. The van der Waals surface area contributed by atoms with Crippen molar-refractivity contribution >= 4 is 23.4 Å². The Hall–Kier alpha value is -1.80. The van der Waals surface area contributed by atoms with Crippen LogP contribution >= 0.6 is 0 Å². The normalized spacial score (nSPS) is 19.8. The molecule has 0 saturated heterocycles. The Morgan fingerprint density at radius 2 is 1.69 bits per heavy atom. The third-order valence-corrected chi connectivity index (χ3v) is 5.20. The van der Waals surface area contributed by atoms with E-state index in [1.54, 1.807) is 0 Å². The smallest absolute Gasteiger partial charge is 0.326 e. The molecule has 3 atom stereocenters. The van der Waals surface area contributed by atoms with Gasteiger partial charge < -0.3 is 21.9 Å². The third-order valence-electron chi connectivity index (χ3n) is 5.20. The molecule has 0 aromatic heterocycles. The van der Waals surface area contributed by atoms with Crippen LogP contribution in [0, 0.1) is 11.3 Å². The van der Waals surface area contributed by atoms with Crippen LogP contribution in [-0.4, -0.2) is 47.2 Å². The van der Waals surface area contributed by atoms with Gasteiger partial charge in [0.05, 0.1) is 12.1 Å². The Morgan fingerprint density at radius 1 is 1.12 bits per heavy atom. The van der Waals surface area contributed by atoms with Crippen LogP contribution in [0.25, 0.3) is 0 Å². The molecule has 8 nitrogen and oxygen atoms in total. The minimum atomic E-state index is -2.44. The van der Waals surface area contributed by atoms with E-state index >= 15 is 0 Å². The summed E-state index contributed by atoms with van der Waals surface area (Å²) in [5.41, 5.74) is 8.54. The molecule has 1 aliphatic carbocycles. The first-order valence-electron chi connectivity index (χ1n) is 9.23. The highest BCUT2D eigenvalue weighted by atomic mass is 16.4. The largest absolute Gasteiger partial charge is 0.480 e. The van der Waals surface area contributed by atoms with Crippen LogP contribution in [0.5, 0.6) is 0 Å².